The minimum atomic E-state index is 0.611. The Morgan fingerprint density at radius 2 is 1.38 bits per heavy atom. The Morgan fingerprint density at radius 3 is 2.21 bits per heavy atom. The Bertz CT molecular complexity index is 1080. The molecular weight excluding hydrogens is 360 g/mol. The summed E-state index contributed by atoms with van der Waals surface area (Å²) in [6.07, 6.45) is 0. The van der Waals surface area contributed by atoms with E-state index < -0.39 is 0 Å². The second kappa shape index (κ2) is 8.15. The molecule has 29 heavy (non-hydrogen) atoms. The van der Waals surface area contributed by atoms with Crippen LogP contribution in [0.15, 0.2) is 77.2 Å². The number of quaternary nitrogens is 2. The lowest BCUT2D eigenvalue weighted by Gasteiger charge is -2.29. The lowest BCUT2D eigenvalue weighted by Crippen LogP contribution is -3.27. The van der Waals surface area contributed by atoms with Crippen molar-refractivity contribution < 1.29 is 14.2 Å². The first kappa shape index (κ1) is 18.0. The quantitative estimate of drug-likeness (QED) is 0.545. The monoisotopic (exact) mass is 386 g/mol. The minimum Gasteiger partial charge on any atom is -0.415 e. The smallest absolute Gasteiger partial charge is 0.271 e. The molecule has 1 aromatic heterocycles. The first-order chi connectivity index (χ1) is 14.3. The zero-order valence-electron chi connectivity index (χ0n) is 16.5. The summed E-state index contributed by atoms with van der Waals surface area (Å²) in [7, 11) is 0. The minimum absolute atomic E-state index is 0.611. The maximum absolute atomic E-state index is 5.89. The fourth-order valence-electron chi connectivity index (χ4n) is 4.26. The molecule has 5 nitrogen and oxygen atoms in total. The van der Waals surface area contributed by atoms with E-state index in [0.717, 1.165) is 50.7 Å². The molecule has 146 valence electrons. The van der Waals surface area contributed by atoms with Gasteiger partial charge >= 0.3 is 0 Å². The van der Waals surface area contributed by atoms with Crippen LogP contribution in [-0.4, -0.2) is 36.4 Å². The Balaban J connectivity index is 1.18. The van der Waals surface area contributed by atoms with Gasteiger partial charge in [-0.05, 0) is 22.9 Å². The van der Waals surface area contributed by atoms with Gasteiger partial charge in [0.2, 0.25) is 5.89 Å². The van der Waals surface area contributed by atoms with Crippen LogP contribution in [0.2, 0.25) is 0 Å². The van der Waals surface area contributed by atoms with E-state index in [1.54, 1.807) is 4.90 Å². The van der Waals surface area contributed by atoms with Gasteiger partial charge in [0.05, 0.1) is 0 Å². The molecule has 0 amide bonds. The number of hydrogen-bond acceptors (Lipinski definition) is 3. The summed E-state index contributed by atoms with van der Waals surface area (Å²) < 4.78 is 5.89. The average molecular weight is 386 g/mol. The van der Waals surface area contributed by atoms with Crippen LogP contribution in [0.1, 0.15) is 11.5 Å². The van der Waals surface area contributed by atoms with Gasteiger partial charge in [-0.25, -0.2) is 0 Å². The summed E-state index contributed by atoms with van der Waals surface area (Å²) >= 11 is 0. The number of nitrogens with zero attached hydrogens (tertiary/aromatic N) is 2. The fourth-order valence-corrected chi connectivity index (χ4v) is 4.26. The summed E-state index contributed by atoms with van der Waals surface area (Å²) in [4.78, 5) is 3.18. The van der Waals surface area contributed by atoms with E-state index in [4.69, 9.17) is 4.42 Å². The first-order valence-electron chi connectivity index (χ1n) is 10.4. The van der Waals surface area contributed by atoms with E-state index in [1.165, 1.54) is 21.2 Å². The van der Waals surface area contributed by atoms with E-state index >= 15 is 0 Å². The van der Waals surface area contributed by atoms with E-state index in [9.17, 15) is 0 Å². The van der Waals surface area contributed by atoms with Crippen LogP contribution in [0.3, 0.4) is 0 Å². The van der Waals surface area contributed by atoms with Crippen molar-refractivity contribution >= 4 is 10.8 Å². The van der Waals surface area contributed by atoms with Gasteiger partial charge in [-0.2, -0.15) is 0 Å². The highest BCUT2D eigenvalue weighted by atomic mass is 16.4. The van der Waals surface area contributed by atoms with Crippen LogP contribution in [0.4, 0.5) is 0 Å². The van der Waals surface area contributed by atoms with Crippen LogP contribution in [-0.2, 0) is 13.1 Å². The molecule has 5 heteroatoms. The van der Waals surface area contributed by atoms with Gasteiger partial charge in [-0.3, -0.25) is 0 Å². The predicted molar refractivity (Wildman–Crippen MR) is 112 cm³/mol. The number of fused-ring (bicyclic) bond motifs is 1. The van der Waals surface area contributed by atoms with E-state index in [-0.39, 0.29) is 0 Å². The molecule has 1 aliphatic heterocycles. The molecule has 0 atom stereocenters. The highest BCUT2D eigenvalue weighted by Gasteiger charge is 2.25. The lowest BCUT2D eigenvalue weighted by molar-refractivity contribution is -1.02. The maximum atomic E-state index is 5.89. The molecule has 1 fully saturated rings. The number of benzene rings is 3. The van der Waals surface area contributed by atoms with Crippen LogP contribution in [0.25, 0.3) is 22.2 Å². The highest BCUT2D eigenvalue weighted by Crippen LogP contribution is 2.18. The SMILES string of the molecule is c1ccc(-c2nnc(C[NH+]3CC[NH+](Cc4cccc5ccccc45)CC3)o2)cc1. The van der Waals surface area contributed by atoms with Gasteiger partial charge in [-0.1, -0.05) is 60.7 Å². The number of rotatable bonds is 5. The molecule has 0 unspecified atom stereocenters. The van der Waals surface area contributed by atoms with Gasteiger partial charge in [0, 0.05) is 11.1 Å². The van der Waals surface area contributed by atoms with Crippen molar-refractivity contribution in [3.05, 3.63) is 84.3 Å². The zero-order valence-corrected chi connectivity index (χ0v) is 16.5. The lowest BCUT2D eigenvalue weighted by atomic mass is 10.0. The Labute approximate surface area is 170 Å². The average Bonchev–Trinajstić information content (AvgIpc) is 3.25. The highest BCUT2D eigenvalue weighted by molar-refractivity contribution is 5.85. The van der Waals surface area contributed by atoms with Crippen molar-refractivity contribution in [3.63, 3.8) is 0 Å². The van der Waals surface area contributed by atoms with Gasteiger partial charge in [0.25, 0.3) is 5.89 Å². The molecule has 5 rings (SSSR count). The summed E-state index contributed by atoms with van der Waals surface area (Å²) in [5, 5.41) is 11.2. The van der Waals surface area contributed by atoms with Crippen LogP contribution >= 0.6 is 0 Å². The van der Waals surface area contributed by atoms with Crippen molar-refractivity contribution in [2.75, 3.05) is 26.2 Å². The molecule has 0 spiro atoms. The van der Waals surface area contributed by atoms with Crippen LogP contribution in [0.5, 0.6) is 0 Å². The van der Waals surface area contributed by atoms with Crippen molar-refractivity contribution in [2.24, 2.45) is 0 Å². The second-order valence-electron chi connectivity index (χ2n) is 7.86. The molecule has 0 bridgehead atoms. The summed E-state index contributed by atoms with van der Waals surface area (Å²) in [5.41, 5.74) is 2.43. The second-order valence-corrected chi connectivity index (χ2v) is 7.86. The molecule has 2 N–H and O–H groups in total. The third-order valence-corrected chi connectivity index (χ3v) is 5.87. The first-order valence-corrected chi connectivity index (χ1v) is 10.4. The molecule has 0 radical (unpaired) electrons. The molecular formula is C24H26N4O+2. The number of piperazine rings is 1. The molecule has 4 aromatic rings. The third-order valence-electron chi connectivity index (χ3n) is 5.87. The number of nitrogens with one attached hydrogen (secondary N) is 2. The van der Waals surface area contributed by atoms with Crippen LogP contribution in [0, 0.1) is 0 Å². The molecule has 2 heterocycles. The standard InChI is InChI=1S/C24H24N4O/c1-2-8-20(9-3-1)24-26-25-23(29-24)18-28-15-13-27(14-16-28)17-21-11-6-10-19-7-4-5-12-22(19)21/h1-12H,13-18H2/p+2. The molecule has 0 aliphatic carbocycles. The van der Waals surface area contributed by atoms with Crippen molar-refractivity contribution in [1.82, 2.24) is 10.2 Å². The van der Waals surface area contributed by atoms with E-state index in [0.29, 0.717) is 5.89 Å². The molecule has 1 saturated heterocycles. The normalized spacial score (nSPS) is 19.4. The maximum Gasteiger partial charge on any atom is 0.271 e. The van der Waals surface area contributed by atoms with Gasteiger partial charge in [0.15, 0.2) is 6.54 Å². The Hall–Kier alpha value is -3.02. The van der Waals surface area contributed by atoms with Gasteiger partial charge in [0.1, 0.15) is 32.7 Å². The fraction of sp³-hybridized carbons (Fsp3) is 0.250. The topological polar surface area (TPSA) is 47.8 Å². The molecule has 0 saturated carbocycles. The predicted octanol–water partition coefficient (Wildman–Crippen LogP) is 1.37. The largest absolute Gasteiger partial charge is 0.415 e. The Morgan fingerprint density at radius 1 is 0.690 bits per heavy atom. The van der Waals surface area contributed by atoms with E-state index in [2.05, 4.69) is 52.7 Å². The van der Waals surface area contributed by atoms with E-state index in [1.807, 2.05) is 30.3 Å². The number of aromatic nitrogens is 2. The molecule has 1 aliphatic rings. The third kappa shape index (κ3) is 4.06. The summed E-state index contributed by atoms with van der Waals surface area (Å²) in [6.45, 7) is 6.48. The van der Waals surface area contributed by atoms with Crippen molar-refractivity contribution in [1.29, 1.82) is 0 Å². The van der Waals surface area contributed by atoms with Gasteiger partial charge < -0.3 is 14.2 Å². The summed E-state index contributed by atoms with van der Waals surface area (Å²) in [6, 6.07) is 25.3. The summed E-state index contributed by atoms with van der Waals surface area (Å²) in [5.74, 6) is 1.34. The number of hydrogen-bond donors (Lipinski definition) is 2. The molecule has 3 aromatic carbocycles. The van der Waals surface area contributed by atoms with Crippen molar-refractivity contribution in [3.8, 4) is 11.5 Å². The Kier molecular flexibility index (Phi) is 5.07. The van der Waals surface area contributed by atoms with Crippen molar-refractivity contribution in [2.45, 2.75) is 13.1 Å². The zero-order chi connectivity index (χ0) is 19.5. The van der Waals surface area contributed by atoms with Gasteiger partial charge in [-0.15, -0.1) is 10.2 Å². The van der Waals surface area contributed by atoms with Crippen LogP contribution < -0.4 is 9.80 Å².